The molecule has 0 N–H and O–H groups in total. The van der Waals surface area contributed by atoms with Gasteiger partial charge in [-0.1, -0.05) is 22.9 Å². The van der Waals surface area contributed by atoms with Crippen molar-refractivity contribution >= 4 is 51.0 Å². The Morgan fingerprint density at radius 2 is 2.06 bits per heavy atom. The third-order valence-electron chi connectivity index (χ3n) is 6.41. The summed E-state index contributed by atoms with van der Waals surface area (Å²) in [4.78, 5) is 33.1. The van der Waals surface area contributed by atoms with Crippen LogP contribution >= 0.6 is 34.3 Å². The third kappa shape index (κ3) is 4.21. The van der Waals surface area contributed by atoms with Crippen molar-refractivity contribution in [3.8, 4) is 5.75 Å². The molecule has 13 heteroatoms. The number of hydrogen-bond acceptors (Lipinski definition) is 10. The zero-order chi connectivity index (χ0) is 24.8. The number of fused-ring (bicyclic) bond motifs is 3. The van der Waals surface area contributed by atoms with Crippen molar-refractivity contribution in [1.82, 2.24) is 29.5 Å². The number of nitrogens with zero attached hydrogens (tertiary/aromatic N) is 7. The average Bonchev–Trinajstić information content (AvgIpc) is 3.56. The van der Waals surface area contributed by atoms with Crippen LogP contribution in [0.15, 0.2) is 17.6 Å². The molecule has 0 aromatic carbocycles. The summed E-state index contributed by atoms with van der Waals surface area (Å²) in [7, 11) is 0. The molecular formula is C23H24ClN7O3S2. The SMILES string of the molecule is Cc1nn2c3c(nc2s1)CCN(C(=O)COc1ccc(N2CCOCC2)nc1Cl)C3c1scnc1C. The molecule has 2 aliphatic rings. The lowest BCUT2D eigenvalue weighted by molar-refractivity contribution is -0.135. The van der Waals surface area contributed by atoms with Crippen LogP contribution < -0.4 is 9.64 Å². The zero-order valence-electron chi connectivity index (χ0n) is 19.8. The van der Waals surface area contributed by atoms with E-state index in [4.69, 9.17) is 26.1 Å². The first-order chi connectivity index (χ1) is 17.5. The topological polar surface area (TPSA) is 98.0 Å². The molecule has 6 rings (SSSR count). The lowest BCUT2D eigenvalue weighted by Gasteiger charge is -2.34. The second-order valence-electron chi connectivity index (χ2n) is 8.65. The molecular weight excluding hydrogens is 522 g/mol. The van der Waals surface area contributed by atoms with Crippen molar-refractivity contribution in [2.45, 2.75) is 26.3 Å². The summed E-state index contributed by atoms with van der Waals surface area (Å²) in [5.74, 6) is 1.01. The van der Waals surface area contributed by atoms with E-state index in [-0.39, 0.29) is 23.7 Å². The van der Waals surface area contributed by atoms with Crippen LogP contribution in [-0.2, 0) is 16.0 Å². The van der Waals surface area contributed by atoms with Crippen molar-refractivity contribution in [1.29, 1.82) is 0 Å². The van der Waals surface area contributed by atoms with E-state index < -0.39 is 0 Å². The highest BCUT2D eigenvalue weighted by molar-refractivity contribution is 7.16. The summed E-state index contributed by atoms with van der Waals surface area (Å²) in [5, 5.41) is 5.83. The smallest absolute Gasteiger partial charge is 0.261 e. The number of imidazole rings is 1. The number of carbonyl (C=O) groups is 1. The Morgan fingerprint density at radius 3 is 2.81 bits per heavy atom. The molecule has 1 unspecified atom stereocenters. The van der Waals surface area contributed by atoms with Gasteiger partial charge in [0.25, 0.3) is 5.91 Å². The molecule has 4 aromatic rings. The van der Waals surface area contributed by atoms with Crippen molar-refractivity contribution in [3.05, 3.63) is 49.8 Å². The zero-order valence-corrected chi connectivity index (χ0v) is 22.2. The van der Waals surface area contributed by atoms with Crippen molar-refractivity contribution in [2.75, 3.05) is 44.4 Å². The fourth-order valence-electron chi connectivity index (χ4n) is 4.68. The quantitative estimate of drug-likeness (QED) is 0.352. The number of morpholine rings is 1. The normalized spacial score (nSPS) is 18.0. The lowest BCUT2D eigenvalue weighted by atomic mass is 10.00. The first-order valence-corrected chi connectivity index (χ1v) is 13.7. The van der Waals surface area contributed by atoms with Crippen LogP contribution in [-0.4, -0.2) is 74.8 Å². The molecule has 0 spiro atoms. The second kappa shape index (κ2) is 9.58. The molecule has 0 bridgehead atoms. The molecule has 36 heavy (non-hydrogen) atoms. The Kier molecular flexibility index (Phi) is 6.28. The molecule has 1 saturated heterocycles. The Morgan fingerprint density at radius 1 is 1.22 bits per heavy atom. The number of rotatable bonds is 5. The Balaban J connectivity index is 1.25. The number of aromatic nitrogens is 5. The number of anilines is 1. The summed E-state index contributed by atoms with van der Waals surface area (Å²) in [5.41, 5.74) is 4.60. The molecule has 0 aliphatic carbocycles. The van der Waals surface area contributed by atoms with Gasteiger partial charge in [-0.15, -0.1) is 11.3 Å². The van der Waals surface area contributed by atoms with Gasteiger partial charge in [0, 0.05) is 26.1 Å². The molecule has 6 heterocycles. The van der Waals surface area contributed by atoms with E-state index in [0.29, 0.717) is 31.9 Å². The van der Waals surface area contributed by atoms with Crippen LogP contribution in [0, 0.1) is 13.8 Å². The summed E-state index contributed by atoms with van der Waals surface area (Å²) in [6.45, 7) is 7.14. The maximum Gasteiger partial charge on any atom is 0.261 e. The van der Waals surface area contributed by atoms with Gasteiger partial charge in [-0.25, -0.2) is 19.5 Å². The van der Waals surface area contributed by atoms with Gasteiger partial charge in [0.1, 0.15) is 16.9 Å². The van der Waals surface area contributed by atoms with Crippen LogP contribution in [0.4, 0.5) is 5.82 Å². The summed E-state index contributed by atoms with van der Waals surface area (Å²) in [6.07, 6.45) is 0.654. The standard InChI is InChI=1S/C23H24ClN7O3S2/c1-13-21(35-12-25-13)20-19-15(26-23-31(19)28-14(2)36-23)5-6-30(20)18(32)11-34-16-3-4-17(27-22(16)24)29-7-9-33-10-8-29/h3-4,12,20H,5-11H2,1-2H3. The van der Waals surface area contributed by atoms with E-state index in [1.807, 2.05) is 34.8 Å². The summed E-state index contributed by atoms with van der Waals surface area (Å²) >= 11 is 9.51. The number of hydrogen-bond donors (Lipinski definition) is 0. The van der Waals surface area contributed by atoms with Crippen LogP contribution in [0.5, 0.6) is 5.75 Å². The molecule has 0 radical (unpaired) electrons. The van der Waals surface area contributed by atoms with E-state index in [9.17, 15) is 4.79 Å². The molecule has 10 nitrogen and oxygen atoms in total. The van der Waals surface area contributed by atoms with Gasteiger partial charge in [0.15, 0.2) is 17.5 Å². The molecule has 1 fully saturated rings. The van der Waals surface area contributed by atoms with Gasteiger partial charge >= 0.3 is 0 Å². The largest absolute Gasteiger partial charge is 0.481 e. The van der Waals surface area contributed by atoms with Crippen molar-refractivity contribution in [3.63, 3.8) is 0 Å². The molecule has 4 aromatic heterocycles. The number of aryl methyl sites for hydroxylation is 2. The fourth-order valence-corrected chi connectivity index (χ4v) is 6.57. The van der Waals surface area contributed by atoms with E-state index in [1.54, 1.807) is 17.4 Å². The van der Waals surface area contributed by atoms with Crippen LogP contribution in [0.1, 0.15) is 33.0 Å². The van der Waals surface area contributed by atoms with Crippen LogP contribution in [0.3, 0.4) is 0 Å². The summed E-state index contributed by atoms with van der Waals surface area (Å²) < 4.78 is 13.2. The maximum absolute atomic E-state index is 13.5. The number of pyridine rings is 1. The second-order valence-corrected chi connectivity index (χ2v) is 11.1. The molecule has 0 saturated carbocycles. The van der Waals surface area contributed by atoms with E-state index in [2.05, 4.69) is 20.0 Å². The van der Waals surface area contributed by atoms with E-state index in [0.717, 1.165) is 50.8 Å². The predicted octanol–water partition coefficient (Wildman–Crippen LogP) is 3.30. The highest BCUT2D eigenvalue weighted by atomic mass is 35.5. The fraction of sp³-hybridized carbons (Fsp3) is 0.435. The first kappa shape index (κ1) is 23.6. The van der Waals surface area contributed by atoms with E-state index >= 15 is 0 Å². The van der Waals surface area contributed by atoms with Gasteiger partial charge in [0.2, 0.25) is 4.96 Å². The molecule has 1 atom stereocenters. The van der Waals surface area contributed by atoms with Gasteiger partial charge in [-0.2, -0.15) is 5.10 Å². The average molecular weight is 546 g/mol. The highest BCUT2D eigenvalue weighted by Crippen LogP contribution is 2.39. The lowest BCUT2D eigenvalue weighted by Crippen LogP contribution is -2.43. The minimum Gasteiger partial charge on any atom is -0.481 e. The van der Waals surface area contributed by atoms with Gasteiger partial charge in [-0.05, 0) is 26.0 Å². The number of carbonyl (C=O) groups excluding carboxylic acids is 1. The minimum absolute atomic E-state index is 0.145. The van der Waals surface area contributed by atoms with Crippen molar-refractivity contribution < 1.29 is 14.3 Å². The Bertz CT molecular complexity index is 1430. The Labute approximate surface area is 220 Å². The van der Waals surface area contributed by atoms with Gasteiger partial charge in [-0.3, -0.25) is 4.79 Å². The molecule has 188 valence electrons. The van der Waals surface area contributed by atoms with Crippen LogP contribution in [0.2, 0.25) is 5.15 Å². The molecule has 2 aliphatic heterocycles. The monoisotopic (exact) mass is 545 g/mol. The molecule has 1 amide bonds. The van der Waals surface area contributed by atoms with Gasteiger partial charge < -0.3 is 19.3 Å². The number of ether oxygens (including phenoxy) is 2. The number of thiazole rings is 1. The third-order valence-corrected chi connectivity index (χ3v) is 8.49. The summed E-state index contributed by atoms with van der Waals surface area (Å²) in [6, 6.07) is 3.30. The Hall–Kier alpha value is -2.80. The first-order valence-electron chi connectivity index (χ1n) is 11.7. The van der Waals surface area contributed by atoms with Crippen molar-refractivity contribution in [2.24, 2.45) is 0 Å². The maximum atomic E-state index is 13.5. The number of halogens is 1. The highest BCUT2D eigenvalue weighted by Gasteiger charge is 2.38. The minimum atomic E-state index is -0.328. The predicted molar refractivity (Wildman–Crippen MR) is 137 cm³/mol. The van der Waals surface area contributed by atoms with E-state index in [1.165, 1.54) is 11.3 Å². The number of amides is 1. The van der Waals surface area contributed by atoms with Crippen LogP contribution in [0.25, 0.3) is 4.96 Å². The van der Waals surface area contributed by atoms with Gasteiger partial charge in [0.05, 0.1) is 40.7 Å².